The molecule has 0 saturated heterocycles. The van der Waals surface area contributed by atoms with Gasteiger partial charge in [-0.3, -0.25) is 14.1 Å². The predicted molar refractivity (Wildman–Crippen MR) is 45.6 cm³/mol. The van der Waals surface area contributed by atoms with Crippen LogP contribution in [0.15, 0.2) is 10.2 Å². The lowest BCUT2D eigenvalue weighted by Gasteiger charge is -1.96. The fourth-order valence-electron chi connectivity index (χ4n) is 0.644. The van der Waals surface area contributed by atoms with Crippen LogP contribution in [0.1, 0.15) is 0 Å². The first kappa shape index (κ1) is 8.79. The zero-order valence-corrected chi connectivity index (χ0v) is 7.47. The number of carbonyl (C=O) groups is 1. The van der Waals surface area contributed by atoms with Crippen LogP contribution in [0, 0.1) is 0 Å². The van der Waals surface area contributed by atoms with Crippen molar-refractivity contribution in [3.63, 3.8) is 0 Å². The van der Waals surface area contributed by atoms with Gasteiger partial charge in [0.05, 0.1) is 7.11 Å². The van der Waals surface area contributed by atoms with Crippen LogP contribution in [0.2, 0.25) is 0 Å². The summed E-state index contributed by atoms with van der Waals surface area (Å²) in [6.07, 6.45) is -0.634. The highest BCUT2D eigenvalue weighted by Crippen LogP contribution is 2.04. The summed E-state index contributed by atoms with van der Waals surface area (Å²) in [7, 11) is 2.86. The van der Waals surface area contributed by atoms with Crippen LogP contribution < -0.4 is 10.9 Å². The third kappa shape index (κ3) is 1.65. The Hall–Kier alpha value is -1.30. The second kappa shape index (κ2) is 3.40. The Kier molecular flexibility index (Phi) is 2.49. The van der Waals surface area contributed by atoms with Crippen LogP contribution in [-0.4, -0.2) is 17.2 Å². The number of amides is 1. The van der Waals surface area contributed by atoms with Gasteiger partial charge in [0, 0.05) is 12.4 Å². The van der Waals surface area contributed by atoms with E-state index in [2.05, 4.69) is 10.1 Å². The van der Waals surface area contributed by atoms with Gasteiger partial charge in [-0.15, -0.1) is 0 Å². The number of hydrogen-bond donors (Lipinski definition) is 1. The molecule has 1 aromatic rings. The number of anilines is 1. The summed E-state index contributed by atoms with van der Waals surface area (Å²) >= 11 is 1.22. The quantitative estimate of drug-likeness (QED) is 0.703. The Morgan fingerprint density at radius 2 is 2.42 bits per heavy atom. The average Bonchev–Trinajstić information content (AvgIpc) is 2.36. The van der Waals surface area contributed by atoms with Crippen molar-refractivity contribution in [3.8, 4) is 0 Å². The van der Waals surface area contributed by atoms with E-state index in [0.29, 0.717) is 0 Å². The second-order valence-corrected chi connectivity index (χ2v) is 3.05. The summed E-state index contributed by atoms with van der Waals surface area (Å²) in [5.74, 6) is 0. The van der Waals surface area contributed by atoms with Gasteiger partial charge in [0.25, 0.3) is 5.56 Å². The lowest BCUT2D eigenvalue weighted by atomic mass is 10.6. The first-order valence-electron chi connectivity index (χ1n) is 3.15. The third-order valence-corrected chi connectivity index (χ3v) is 2.09. The van der Waals surface area contributed by atoms with E-state index in [1.807, 2.05) is 0 Å². The summed E-state index contributed by atoms with van der Waals surface area (Å²) < 4.78 is 5.73. The molecule has 0 fully saturated rings. The van der Waals surface area contributed by atoms with Gasteiger partial charge in [-0.25, -0.2) is 4.79 Å². The van der Waals surface area contributed by atoms with Gasteiger partial charge in [0.1, 0.15) is 5.69 Å². The van der Waals surface area contributed by atoms with E-state index in [0.717, 1.165) is 0 Å². The number of ether oxygens (including phenoxy) is 1. The van der Waals surface area contributed by atoms with E-state index in [-0.39, 0.29) is 11.2 Å². The van der Waals surface area contributed by atoms with Gasteiger partial charge >= 0.3 is 6.09 Å². The van der Waals surface area contributed by atoms with Crippen LogP contribution in [0.25, 0.3) is 0 Å². The second-order valence-electron chi connectivity index (χ2n) is 2.06. The van der Waals surface area contributed by atoms with Crippen LogP contribution in [0.3, 0.4) is 0 Å². The number of aryl methyl sites for hydroxylation is 1. The first-order valence-corrected chi connectivity index (χ1v) is 3.98. The molecule has 1 aromatic heterocycles. The molecule has 0 radical (unpaired) electrons. The molecule has 5 nitrogen and oxygen atoms in total. The molecule has 0 aliphatic rings. The molecule has 1 rings (SSSR count). The van der Waals surface area contributed by atoms with Gasteiger partial charge in [0.2, 0.25) is 0 Å². The normalized spacial score (nSPS) is 9.50. The van der Waals surface area contributed by atoms with E-state index in [1.165, 1.54) is 22.6 Å². The molecule has 0 aliphatic heterocycles. The summed E-state index contributed by atoms with van der Waals surface area (Å²) in [6.45, 7) is 0. The smallest absolute Gasteiger partial charge is 0.411 e. The molecule has 1 heterocycles. The van der Waals surface area contributed by atoms with Gasteiger partial charge in [0.15, 0.2) is 0 Å². The minimum atomic E-state index is -0.634. The van der Waals surface area contributed by atoms with Gasteiger partial charge in [-0.05, 0) is 0 Å². The highest BCUT2D eigenvalue weighted by molar-refractivity contribution is 7.04. The number of methoxy groups -OCH3 is 1. The van der Waals surface area contributed by atoms with Gasteiger partial charge in [-0.2, -0.15) is 0 Å². The topological polar surface area (TPSA) is 60.3 Å². The van der Waals surface area contributed by atoms with Crippen molar-refractivity contribution in [2.24, 2.45) is 7.05 Å². The summed E-state index contributed by atoms with van der Waals surface area (Å²) in [4.78, 5) is 21.8. The van der Waals surface area contributed by atoms with Crippen molar-refractivity contribution in [1.29, 1.82) is 0 Å². The highest BCUT2D eigenvalue weighted by Gasteiger charge is 2.06. The Bertz CT molecular complexity index is 341. The fourth-order valence-corrected chi connectivity index (χ4v) is 1.26. The number of hydrogen-bond acceptors (Lipinski definition) is 4. The number of nitrogens with one attached hydrogen (secondary N) is 1. The molecule has 6 heteroatoms. The van der Waals surface area contributed by atoms with E-state index in [9.17, 15) is 9.59 Å². The largest absolute Gasteiger partial charge is 0.453 e. The number of aromatic nitrogens is 1. The van der Waals surface area contributed by atoms with E-state index in [1.54, 1.807) is 12.4 Å². The van der Waals surface area contributed by atoms with Crippen molar-refractivity contribution in [2.45, 2.75) is 0 Å². The monoisotopic (exact) mass is 188 g/mol. The standard InChI is InChI=1S/C6H8N2O3S/c1-8-5(9)4(3-12-8)7-6(10)11-2/h3H,1-2H3,(H,7,10). The summed E-state index contributed by atoms with van der Waals surface area (Å²) in [5.41, 5.74) is 0.0137. The van der Waals surface area contributed by atoms with E-state index < -0.39 is 6.09 Å². The SMILES string of the molecule is COC(=O)Nc1csn(C)c1=O. The molecule has 0 saturated carbocycles. The van der Waals surface area contributed by atoms with Gasteiger partial charge in [-0.1, -0.05) is 11.5 Å². The average molecular weight is 188 g/mol. The first-order chi connectivity index (χ1) is 5.65. The summed E-state index contributed by atoms with van der Waals surface area (Å²) in [5, 5.41) is 3.85. The van der Waals surface area contributed by atoms with Crippen LogP contribution >= 0.6 is 11.5 Å². The maximum atomic E-state index is 11.1. The zero-order valence-electron chi connectivity index (χ0n) is 6.66. The Balaban J connectivity index is 2.83. The van der Waals surface area contributed by atoms with Crippen molar-refractivity contribution in [2.75, 3.05) is 12.4 Å². The van der Waals surface area contributed by atoms with E-state index in [4.69, 9.17) is 0 Å². The maximum Gasteiger partial charge on any atom is 0.411 e. The molecular formula is C6H8N2O3S. The van der Waals surface area contributed by atoms with Crippen molar-refractivity contribution >= 4 is 23.3 Å². The van der Waals surface area contributed by atoms with Crippen LogP contribution in [0.5, 0.6) is 0 Å². The van der Waals surface area contributed by atoms with Crippen LogP contribution in [-0.2, 0) is 11.8 Å². The molecule has 0 bridgehead atoms. The molecule has 12 heavy (non-hydrogen) atoms. The molecule has 0 atom stereocenters. The van der Waals surface area contributed by atoms with Crippen molar-refractivity contribution in [1.82, 2.24) is 3.96 Å². The highest BCUT2D eigenvalue weighted by atomic mass is 32.1. The Morgan fingerprint density at radius 1 is 1.75 bits per heavy atom. The number of rotatable bonds is 1. The Labute approximate surface area is 72.7 Å². The molecule has 66 valence electrons. The zero-order chi connectivity index (χ0) is 9.14. The summed E-state index contributed by atoms with van der Waals surface area (Å²) in [6, 6.07) is 0. The molecule has 0 unspecified atom stereocenters. The predicted octanol–water partition coefficient (Wildman–Crippen LogP) is 0.625. The fraction of sp³-hybridized carbons (Fsp3) is 0.333. The maximum absolute atomic E-state index is 11.1. The molecular weight excluding hydrogens is 180 g/mol. The molecule has 1 amide bonds. The molecule has 0 aliphatic carbocycles. The lowest BCUT2D eigenvalue weighted by molar-refractivity contribution is 0.187. The van der Waals surface area contributed by atoms with E-state index >= 15 is 0 Å². The lowest BCUT2D eigenvalue weighted by Crippen LogP contribution is -2.19. The minimum Gasteiger partial charge on any atom is -0.453 e. The van der Waals surface area contributed by atoms with Crippen molar-refractivity contribution < 1.29 is 9.53 Å². The number of carbonyl (C=O) groups excluding carboxylic acids is 1. The van der Waals surface area contributed by atoms with Gasteiger partial charge < -0.3 is 4.74 Å². The van der Waals surface area contributed by atoms with Crippen molar-refractivity contribution in [3.05, 3.63) is 15.7 Å². The molecule has 1 N–H and O–H groups in total. The number of nitrogens with zero attached hydrogens (tertiary/aromatic N) is 1. The molecule has 0 aromatic carbocycles. The minimum absolute atomic E-state index is 0.231. The third-order valence-electron chi connectivity index (χ3n) is 1.27. The molecule has 0 spiro atoms. The Morgan fingerprint density at radius 3 is 2.83 bits per heavy atom. The van der Waals surface area contributed by atoms with Crippen LogP contribution in [0.4, 0.5) is 10.5 Å².